The van der Waals surface area contributed by atoms with Crippen molar-refractivity contribution in [1.29, 1.82) is 0 Å². The van der Waals surface area contributed by atoms with Crippen LogP contribution in [0.5, 0.6) is 0 Å². The minimum absolute atomic E-state index is 0.00728. The Labute approximate surface area is 222 Å². The van der Waals surface area contributed by atoms with Crippen LogP contribution < -0.4 is 0 Å². The second-order valence-electron chi connectivity index (χ2n) is 15.0. The van der Waals surface area contributed by atoms with E-state index in [1.807, 2.05) is 13.8 Å². The molecule has 1 saturated heterocycles. The summed E-state index contributed by atoms with van der Waals surface area (Å²) in [6.45, 7) is 14.9. The predicted molar refractivity (Wildman–Crippen MR) is 141 cm³/mol. The van der Waals surface area contributed by atoms with Crippen LogP contribution in [0.3, 0.4) is 0 Å². The van der Waals surface area contributed by atoms with Gasteiger partial charge in [-0.2, -0.15) is 0 Å². The minimum atomic E-state index is -1.41. The van der Waals surface area contributed by atoms with E-state index < -0.39 is 29.4 Å². The number of aliphatic carboxylic acids is 1. The van der Waals surface area contributed by atoms with Gasteiger partial charge in [-0.25, -0.2) is 0 Å². The third-order valence-corrected chi connectivity index (χ3v) is 12.1. The number of carboxylic acid groups (broad SMARTS) is 1. The van der Waals surface area contributed by atoms with Crippen molar-refractivity contribution in [1.82, 2.24) is 0 Å². The molecule has 0 aromatic carbocycles. The van der Waals surface area contributed by atoms with Gasteiger partial charge < -0.3 is 20.1 Å². The topological polar surface area (TPSA) is 107 Å². The standard InChI is InChI=1S/C31H48O6/c1-17(15-31(36,16-24(34)35)26-28(4,5)37-26)18-10-12-29(6)19-8-9-22-27(2,3)23(33)11-13-30(22,7)25(19)21(32)14-20(18)29/h17,19,21-22,25-26,32,36H,8-16H2,1-7H3,(H,34,35)/t17-,19+,21+,22-,25+,26+,29-,30+,31+/m1/s1. The van der Waals surface area contributed by atoms with Gasteiger partial charge in [0.05, 0.1) is 18.1 Å². The first kappa shape index (κ1) is 27.3. The van der Waals surface area contributed by atoms with Crippen molar-refractivity contribution in [2.24, 2.45) is 39.9 Å². The number of aliphatic hydroxyl groups excluding tert-OH is 1. The van der Waals surface area contributed by atoms with Crippen molar-refractivity contribution < 1.29 is 29.6 Å². The summed E-state index contributed by atoms with van der Waals surface area (Å²) in [7, 11) is 0. The Hall–Kier alpha value is -1.24. The highest BCUT2D eigenvalue weighted by Crippen LogP contribution is 2.69. The van der Waals surface area contributed by atoms with Gasteiger partial charge in [-0.15, -0.1) is 0 Å². The highest BCUT2D eigenvalue weighted by Gasteiger charge is 2.65. The predicted octanol–water partition coefficient (Wildman–Crippen LogP) is 5.29. The Balaban J connectivity index is 1.44. The summed E-state index contributed by atoms with van der Waals surface area (Å²) in [5.41, 5.74) is 0.375. The number of epoxide rings is 1. The van der Waals surface area contributed by atoms with Crippen molar-refractivity contribution >= 4 is 11.8 Å². The van der Waals surface area contributed by atoms with Gasteiger partial charge >= 0.3 is 5.97 Å². The highest BCUT2D eigenvalue weighted by molar-refractivity contribution is 5.85. The van der Waals surface area contributed by atoms with E-state index in [-0.39, 0.29) is 34.5 Å². The number of rotatable bonds is 6. The van der Waals surface area contributed by atoms with Gasteiger partial charge in [0.25, 0.3) is 0 Å². The molecular weight excluding hydrogens is 468 g/mol. The molecule has 1 aliphatic heterocycles. The molecule has 208 valence electrons. The molecule has 3 N–H and O–H groups in total. The molecule has 5 aliphatic rings. The van der Waals surface area contributed by atoms with Crippen LogP contribution in [0.2, 0.25) is 0 Å². The maximum atomic E-state index is 12.9. The molecule has 0 bridgehead atoms. The van der Waals surface area contributed by atoms with Gasteiger partial charge in [-0.05, 0) is 93.3 Å². The Morgan fingerprint density at radius 3 is 2.35 bits per heavy atom. The number of hydrogen-bond acceptors (Lipinski definition) is 5. The number of Topliss-reactive ketones (excluding diaryl/α,β-unsaturated/α-hetero) is 1. The largest absolute Gasteiger partial charge is 0.481 e. The van der Waals surface area contributed by atoms with E-state index in [1.165, 1.54) is 11.1 Å². The average molecular weight is 517 g/mol. The first-order valence-corrected chi connectivity index (χ1v) is 14.5. The van der Waals surface area contributed by atoms with Crippen molar-refractivity contribution in [3.63, 3.8) is 0 Å². The number of carbonyl (C=O) groups excluding carboxylic acids is 1. The average Bonchev–Trinajstić information content (AvgIpc) is 3.29. The van der Waals surface area contributed by atoms with Crippen LogP contribution in [-0.4, -0.2) is 50.5 Å². The fraction of sp³-hybridized carbons (Fsp3) is 0.871. The summed E-state index contributed by atoms with van der Waals surface area (Å²) >= 11 is 0. The summed E-state index contributed by atoms with van der Waals surface area (Å²) < 4.78 is 5.74. The van der Waals surface area contributed by atoms with Gasteiger partial charge in [0.15, 0.2) is 0 Å². The van der Waals surface area contributed by atoms with E-state index in [0.29, 0.717) is 36.9 Å². The molecule has 1 heterocycles. The van der Waals surface area contributed by atoms with Crippen molar-refractivity contribution in [3.05, 3.63) is 11.1 Å². The molecule has 6 nitrogen and oxygen atoms in total. The van der Waals surface area contributed by atoms with E-state index in [1.54, 1.807) is 0 Å². The lowest BCUT2D eigenvalue weighted by Crippen LogP contribution is -2.61. The lowest BCUT2D eigenvalue weighted by Gasteiger charge is -2.64. The summed E-state index contributed by atoms with van der Waals surface area (Å²) in [6.07, 6.45) is 5.28. The number of hydrogen-bond donors (Lipinski definition) is 3. The maximum absolute atomic E-state index is 12.9. The second-order valence-corrected chi connectivity index (χ2v) is 15.0. The monoisotopic (exact) mass is 516 g/mol. The lowest BCUT2D eigenvalue weighted by atomic mass is 9.40. The fourth-order valence-corrected chi connectivity index (χ4v) is 10.3. The van der Waals surface area contributed by atoms with E-state index in [9.17, 15) is 24.9 Å². The zero-order valence-corrected chi connectivity index (χ0v) is 23.9. The Morgan fingerprint density at radius 1 is 1.11 bits per heavy atom. The molecule has 5 rings (SSSR count). The Kier molecular flexibility index (Phi) is 6.19. The number of allylic oxidation sites excluding steroid dienone is 1. The van der Waals surface area contributed by atoms with Gasteiger partial charge in [0.2, 0.25) is 0 Å². The molecule has 0 aromatic rings. The zero-order valence-electron chi connectivity index (χ0n) is 23.9. The third kappa shape index (κ3) is 3.98. The highest BCUT2D eigenvalue weighted by atomic mass is 16.6. The summed E-state index contributed by atoms with van der Waals surface area (Å²) in [6, 6.07) is 0. The summed E-state index contributed by atoms with van der Waals surface area (Å²) in [5.74, 6) is 0.252. The van der Waals surface area contributed by atoms with E-state index >= 15 is 0 Å². The van der Waals surface area contributed by atoms with E-state index in [4.69, 9.17) is 4.74 Å². The smallest absolute Gasteiger partial charge is 0.306 e. The number of ether oxygens (including phenoxy) is 1. The fourth-order valence-electron chi connectivity index (χ4n) is 10.3. The first-order chi connectivity index (χ1) is 17.0. The normalized spacial score (nSPS) is 44.4. The van der Waals surface area contributed by atoms with Crippen molar-refractivity contribution in [2.75, 3.05) is 0 Å². The molecule has 0 spiro atoms. The van der Waals surface area contributed by atoms with E-state index in [2.05, 4.69) is 34.6 Å². The van der Waals surface area contributed by atoms with E-state index in [0.717, 1.165) is 32.1 Å². The van der Waals surface area contributed by atoms with Gasteiger partial charge in [-0.1, -0.05) is 45.8 Å². The van der Waals surface area contributed by atoms with Gasteiger partial charge in [0, 0.05) is 11.8 Å². The van der Waals surface area contributed by atoms with Crippen molar-refractivity contribution in [2.45, 2.75) is 130 Å². The molecule has 4 fully saturated rings. The second kappa shape index (κ2) is 8.38. The van der Waals surface area contributed by atoms with Crippen molar-refractivity contribution in [3.8, 4) is 0 Å². The quantitative estimate of drug-likeness (QED) is 0.327. The number of carboxylic acids is 1. The van der Waals surface area contributed by atoms with Crippen LogP contribution in [0.1, 0.15) is 106 Å². The molecule has 4 aliphatic carbocycles. The molecule has 37 heavy (non-hydrogen) atoms. The number of ketones is 1. The molecule has 0 unspecified atom stereocenters. The number of fused-ring (bicyclic) bond motifs is 5. The van der Waals surface area contributed by atoms with Crippen LogP contribution in [-0.2, 0) is 14.3 Å². The SMILES string of the molecule is C[C@H](C[C@](O)(CC(=O)O)[C@H]1OC1(C)C)C1=C2C[C@H](O)[C@@H]3[C@H](CC[C@@H]4C(C)(C)C(=O)CC[C@]34C)[C@@]2(C)CC1. The molecule has 3 saturated carbocycles. The van der Waals surface area contributed by atoms with Crippen LogP contribution in [0.25, 0.3) is 0 Å². The zero-order chi connectivity index (χ0) is 27.3. The summed E-state index contributed by atoms with van der Waals surface area (Å²) in [4.78, 5) is 24.5. The molecule has 6 heteroatoms. The van der Waals surface area contributed by atoms with Crippen LogP contribution in [0, 0.1) is 39.9 Å². The Morgan fingerprint density at radius 2 is 1.76 bits per heavy atom. The van der Waals surface area contributed by atoms with Crippen LogP contribution >= 0.6 is 0 Å². The lowest BCUT2D eigenvalue weighted by molar-refractivity contribution is -0.176. The number of carbonyl (C=O) groups is 2. The van der Waals surface area contributed by atoms with Crippen LogP contribution in [0.15, 0.2) is 11.1 Å². The molecule has 0 radical (unpaired) electrons. The Bertz CT molecular complexity index is 1030. The third-order valence-electron chi connectivity index (χ3n) is 12.1. The molecule has 9 atom stereocenters. The minimum Gasteiger partial charge on any atom is -0.481 e. The molecular formula is C31H48O6. The number of aliphatic hydroxyl groups is 2. The first-order valence-electron chi connectivity index (χ1n) is 14.5. The van der Waals surface area contributed by atoms with Gasteiger partial charge in [0.1, 0.15) is 17.5 Å². The molecule has 0 amide bonds. The van der Waals surface area contributed by atoms with Crippen LogP contribution in [0.4, 0.5) is 0 Å². The van der Waals surface area contributed by atoms with Gasteiger partial charge in [-0.3, -0.25) is 9.59 Å². The summed E-state index contributed by atoms with van der Waals surface area (Å²) in [5, 5.41) is 32.8. The molecule has 0 aromatic heterocycles. The maximum Gasteiger partial charge on any atom is 0.306 e.